The highest BCUT2D eigenvalue weighted by Crippen LogP contribution is 2.26. The lowest BCUT2D eigenvalue weighted by Gasteiger charge is -2.17. The Labute approximate surface area is 156 Å². The number of amidine groups is 1. The molecule has 1 heterocycles. The molecule has 1 aliphatic rings. The summed E-state index contributed by atoms with van der Waals surface area (Å²) in [5, 5.41) is 10.3. The lowest BCUT2D eigenvalue weighted by molar-refractivity contribution is -0.114. The molecule has 4 N–H and O–H groups in total. The Kier molecular flexibility index (Phi) is 5.00. The smallest absolute Gasteiger partial charge is 0.287 e. The first-order valence-corrected chi connectivity index (χ1v) is 10.8. The highest BCUT2D eigenvalue weighted by atomic mass is 32.2. The average molecular weight is 408 g/mol. The fourth-order valence-electron chi connectivity index (χ4n) is 2.46. The number of nitrogens with one attached hydrogen (secondary N) is 2. The molecule has 0 aliphatic carbocycles. The summed E-state index contributed by atoms with van der Waals surface area (Å²) in [6.45, 7) is 0.204. The Morgan fingerprint density at radius 2 is 1.78 bits per heavy atom. The van der Waals surface area contributed by atoms with E-state index in [1.54, 1.807) is 30.3 Å². The second-order valence-corrected chi connectivity index (χ2v) is 8.86. The minimum atomic E-state index is -3.94. The molecule has 0 atom stereocenters. The molecule has 0 spiro atoms. The number of primary sulfonamides is 1. The number of amides is 1. The van der Waals surface area contributed by atoms with Crippen molar-refractivity contribution in [2.45, 2.75) is 16.2 Å². The van der Waals surface area contributed by atoms with E-state index in [1.807, 2.05) is 0 Å². The molecular formula is C16H16N4O5S2. The number of nitrogens with zero attached hydrogens (tertiary/aromatic N) is 1. The third-order valence-electron chi connectivity index (χ3n) is 3.80. The number of fused-ring (bicyclic) bond motifs is 1. The molecule has 0 radical (unpaired) electrons. The Bertz CT molecular complexity index is 1120. The van der Waals surface area contributed by atoms with Crippen LogP contribution in [0.25, 0.3) is 0 Å². The molecule has 142 valence electrons. The average Bonchev–Trinajstić information content (AvgIpc) is 2.61. The van der Waals surface area contributed by atoms with Gasteiger partial charge in [0.25, 0.3) is 15.9 Å². The van der Waals surface area contributed by atoms with E-state index in [4.69, 9.17) is 5.14 Å². The van der Waals surface area contributed by atoms with Crippen molar-refractivity contribution in [3.8, 4) is 0 Å². The van der Waals surface area contributed by atoms with Gasteiger partial charge < -0.3 is 10.6 Å². The van der Waals surface area contributed by atoms with E-state index in [9.17, 15) is 21.6 Å². The van der Waals surface area contributed by atoms with E-state index >= 15 is 0 Å². The van der Waals surface area contributed by atoms with Gasteiger partial charge in [0.15, 0.2) is 0 Å². The minimum Gasteiger partial charge on any atom is -0.349 e. The maximum Gasteiger partial charge on any atom is 0.287 e. The van der Waals surface area contributed by atoms with E-state index in [-0.39, 0.29) is 27.9 Å². The number of para-hydroxylation sites is 1. The molecule has 1 amide bonds. The van der Waals surface area contributed by atoms with E-state index in [0.29, 0.717) is 6.42 Å². The van der Waals surface area contributed by atoms with Crippen LogP contribution < -0.4 is 15.8 Å². The van der Waals surface area contributed by atoms with Gasteiger partial charge in [0.1, 0.15) is 4.90 Å². The summed E-state index contributed by atoms with van der Waals surface area (Å²) >= 11 is 0. The highest BCUT2D eigenvalue weighted by molar-refractivity contribution is 7.90. The Morgan fingerprint density at radius 3 is 2.44 bits per heavy atom. The maximum atomic E-state index is 12.2. The first-order chi connectivity index (χ1) is 12.7. The van der Waals surface area contributed by atoms with Crippen LogP contribution in [0.15, 0.2) is 62.7 Å². The Balaban J connectivity index is 1.63. The van der Waals surface area contributed by atoms with E-state index < -0.39 is 26.0 Å². The second kappa shape index (κ2) is 7.10. The molecule has 0 saturated heterocycles. The van der Waals surface area contributed by atoms with Crippen LogP contribution in [-0.4, -0.2) is 35.1 Å². The van der Waals surface area contributed by atoms with Crippen LogP contribution in [0.5, 0.6) is 0 Å². The van der Waals surface area contributed by atoms with Gasteiger partial charge in [-0.2, -0.15) is 8.42 Å². The van der Waals surface area contributed by atoms with Crippen molar-refractivity contribution >= 4 is 37.5 Å². The SMILES string of the molecule is NS(=O)(=O)c1ccc(CCNC(=O)C2=NS(=O)(=O)c3ccccc3N2)cc1. The normalized spacial score (nSPS) is 15.2. The van der Waals surface area contributed by atoms with Crippen molar-refractivity contribution in [2.75, 3.05) is 11.9 Å². The van der Waals surface area contributed by atoms with Crippen LogP contribution >= 0.6 is 0 Å². The predicted octanol–water partition coefficient (Wildman–Crippen LogP) is 0.206. The third-order valence-corrected chi connectivity index (χ3v) is 6.06. The Hall–Kier alpha value is -2.76. The molecule has 11 heteroatoms. The third kappa shape index (κ3) is 4.32. The molecule has 9 nitrogen and oxygen atoms in total. The van der Waals surface area contributed by atoms with E-state index in [2.05, 4.69) is 15.0 Å². The largest absolute Gasteiger partial charge is 0.349 e. The van der Waals surface area contributed by atoms with Gasteiger partial charge in [0.2, 0.25) is 15.9 Å². The summed E-state index contributed by atoms with van der Waals surface area (Å²) in [5.74, 6) is -0.965. The van der Waals surface area contributed by atoms with E-state index in [1.165, 1.54) is 18.2 Å². The number of sulfonamides is 2. The van der Waals surface area contributed by atoms with Gasteiger partial charge in [-0.3, -0.25) is 4.79 Å². The standard InChI is InChI=1S/C16H16N4O5S2/c17-26(22,23)12-7-5-11(6-8-12)9-10-18-16(21)15-19-13-3-1-2-4-14(13)27(24,25)20-15/h1-8H,9-10H2,(H,18,21)(H,19,20)(H2,17,22,23). The fourth-order valence-corrected chi connectivity index (χ4v) is 4.09. The zero-order valence-corrected chi connectivity index (χ0v) is 15.5. The number of hydrogen-bond acceptors (Lipinski definition) is 6. The van der Waals surface area contributed by atoms with Gasteiger partial charge in [-0.1, -0.05) is 24.3 Å². The van der Waals surface area contributed by atoms with Gasteiger partial charge in [-0.25, -0.2) is 13.6 Å². The van der Waals surface area contributed by atoms with Crippen LogP contribution in [0.3, 0.4) is 0 Å². The first-order valence-electron chi connectivity index (χ1n) is 7.78. The van der Waals surface area contributed by atoms with Crippen molar-refractivity contribution in [3.63, 3.8) is 0 Å². The molecule has 3 rings (SSSR count). The van der Waals surface area contributed by atoms with Gasteiger partial charge in [0.05, 0.1) is 10.6 Å². The van der Waals surface area contributed by atoms with Gasteiger partial charge in [-0.15, -0.1) is 4.40 Å². The summed E-state index contributed by atoms with van der Waals surface area (Å²) < 4.78 is 50.2. The summed E-state index contributed by atoms with van der Waals surface area (Å²) in [6, 6.07) is 12.1. The van der Waals surface area contributed by atoms with Crippen LogP contribution in [0.1, 0.15) is 5.56 Å². The fraction of sp³-hybridized carbons (Fsp3) is 0.125. The highest BCUT2D eigenvalue weighted by Gasteiger charge is 2.27. The topological polar surface area (TPSA) is 148 Å². The number of nitrogens with two attached hydrogens (primary N) is 1. The summed E-state index contributed by atoms with van der Waals surface area (Å²) in [5.41, 5.74) is 1.07. The van der Waals surface area contributed by atoms with Gasteiger partial charge >= 0.3 is 0 Å². The molecule has 0 fully saturated rings. The van der Waals surface area contributed by atoms with Crippen molar-refractivity contribution in [2.24, 2.45) is 9.54 Å². The van der Waals surface area contributed by atoms with Crippen LogP contribution in [0.2, 0.25) is 0 Å². The van der Waals surface area contributed by atoms with Crippen LogP contribution in [-0.2, 0) is 31.3 Å². The monoisotopic (exact) mass is 408 g/mol. The first kappa shape index (κ1) is 19.0. The summed E-state index contributed by atoms with van der Waals surface area (Å²) in [4.78, 5) is 12.2. The lowest BCUT2D eigenvalue weighted by Crippen LogP contribution is -2.39. The van der Waals surface area contributed by atoms with Crippen LogP contribution in [0, 0.1) is 0 Å². The number of rotatable bonds is 5. The second-order valence-electron chi connectivity index (χ2n) is 5.73. The molecule has 2 aromatic rings. The molecule has 0 bridgehead atoms. The summed E-state index contributed by atoms with van der Waals surface area (Å²) in [6.07, 6.45) is 0.410. The van der Waals surface area contributed by atoms with Crippen molar-refractivity contribution in [1.29, 1.82) is 0 Å². The number of carbonyl (C=O) groups excluding carboxylic acids is 1. The summed E-state index contributed by atoms with van der Waals surface area (Å²) in [7, 11) is -7.69. The maximum absolute atomic E-state index is 12.2. The molecule has 1 aliphatic heterocycles. The number of benzene rings is 2. The van der Waals surface area contributed by atoms with Crippen molar-refractivity contribution in [1.82, 2.24) is 5.32 Å². The van der Waals surface area contributed by atoms with Gasteiger partial charge in [0, 0.05) is 6.54 Å². The Morgan fingerprint density at radius 1 is 1.11 bits per heavy atom. The lowest BCUT2D eigenvalue weighted by atomic mass is 10.1. The molecule has 27 heavy (non-hydrogen) atoms. The minimum absolute atomic E-state index is 0.0000753. The van der Waals surface area contributed by atoms with Crippen molar-refractivity contribution < 1.29 is 21.6 Å². The molecule has 0 saturated carbocycles. The van der Waals surface area contributed by atoms with Crippen molar-refractivity contribution in [3.05, 3.63) is 54.1 Å². The van der Waals surface area contributed by atoms with Crippen LogP contribution in [0.4, 0.5) is 5.69 Å². The molecule has 0 unspecified atom stereocenters. The van der Waals surface area contributed by atoms with Gasteiger partial charge in [-0.05, 0) is 36.2 Å². The molecule has 2 aromatic carbocycles. The zero-order valence-electron chi connectivity index (χ0n) is 13.9. The quantitative estimate of drug-likeness (QED) is 0.644. The zero-order chi connectivity index (χ0) is 19.7. The molecular weight excluding hydrogens is 392 g/mol. The number of hydrogen-bond donors (Lipinski definition) is 3. The number of anilines is 1. The molecule has 0 aromatic heterocycles. The van der Waals surface area contributed by atoms with E-state index in [0.717, 1.165) is 5.56 Å². The number of carbonyl (C=O) groups is 1. The predicted molar refractivity (Wildman–Crippen MR) is 99.2 cm³/mol.